The number of rotatable bonds is 6. The highest BCUT2D eigenvalue weighted by Gasteiger charge is 2.41. The van der Waals surface area contributed by atoms with Gasteiger partial charge in [-0.25, -0.2) is 0 Å². The maximum atomic E-state index is 12.7. The minimum atomic E-state index is -1.20. The van der Waals surface area contributed by atoms with Crippen LogP contribution in [0.4, 0.5) is 0 Å². The number of hydrogen-bond donors (Lipinski definition) is 0. The first-order chi connectivity index (χ1) is 11.4. The monoisotopic (exact) mass is 348 g/mol. The van der Waals surface area contributed by atoms with Gasteiger partial charge in [0, 0.05) is 12.3 Å². The van der Waals surface area contributed by atoms with Crippen molar-refractivity contribution in [3.05, 3.63) is 35.9 Å². The molecule has 25 heavy (non-hydrogen) atoms. The Kier molecular flexibility index (Phi) is 6.91. The van der Waals surface area contributed by atoms with E-state index >= 15 is 0 Å². The minimum absolute atomic E-state index is 0.0210. The normalized spacial score (nSPS) is 13.2. The summed E-state index contributed by atoms with van der Waals surface area (Å²) >= 11 is 0. The lowest BCUT2D eigenvalue weighted by molar-refractivity contribution is -0.175. The maximum absolute atomic E-state index is 12.7. The van der Waals surface area contributed by atoms with E-state index in [-0.39, 0.29) is 6.42 Å². The highest BCUT2D eigenvalue weighted by molar-refractivity contribution is 5.96. The van der Waals surface area contributed by atoms with Crippen LogP contribution in [0.3, 0.4) is 0 Å². The molecule has 0 fully saturated rings. The van der Waals surface area contributed by atoms with Gasteiger partial charge in [-0.1, -0.05) is 30.3 Å². The molecule has 5 heteroatoms. The number of benzene rings is 1. The van der Waals surface area contributed by atoms with Crippen molar-refractivity contribution in [2.24, 2.45) is 5.92 Å². The molecule has 138 valence electrons. The van der Waals surface area contributed by atoms with Gasteiger partial charge in [0.15, 0.2) is 5.92 Å². The van der Waals surface area contributed by atoms with Crippen LogP contribution in [0.15, 0.2) is 30.3 Å². The fourth-order valence-electron chi connectivity index (χ4n) is 2.42. The van der Waals surface area contributed by atoms with Crippen molar-refractivity contribution in [2.45, 2.75) is 65.1 Å². The standard InChI is InChI=1S/C20H28O5/c1-19(2,3)24-17(22)16(18(23)25-20(4,5)6)15(12-13-21)14-10-8-7-9-11-14/h7-11,13,15-16H,12H2,1-6H3. The van der Waals surface area contributed by atoms with Crippen molar-refractivity contribution in [1.29, 1.82) is 0 Å². The Morgan fingerprint density at radius 2 is 1.36 bits per heavy atom. The maximum Gasteiger partial charge on any atom is 0.321 e. The van der Waals surface area contributed by atoms with E-state index in [1.54, 1.807) is 65.8 Å². The van der Waals surface area contributed by atoms with Crippen molar-refractivity contribution in [3.63, 3.8) is 0 Å². The lowest BCUT2D eigenvalue weighted by Gasteiger charge is -2.30. The van der Waals surface area contributed by atoms with Crippen molar-refractivity contribution in [1.82, 2.24) is 0 Å². The smallest absolute Gasteiger partial charge is 0.321 e. The number of ether oxygens (including phenoxy) is 2. The van der Waals surface area contributed by atoms with Gasteiger partial charge in [-0.3, -0.25) is 9.59 Å². The Morgan fingerprint density at radius 3 is 1.72 bits per heavy atom. The van der Waals surface area contributed by atoms with Crippen LogP contribution < -0.4 is 0 Å². The summed E-state index contributed by atoms with van der Waals surface area (Å²) in [4.78, 5) is 36.7. The zero-order valence-corrected chi connectivity index (χ0v) is 15.9. The van der Waals surface area contributed by atoms with Gasteiger partial charge in [-0.15, -0.1) is 0 Å². The summed E-state index contributed by atoms with van der Waals surface area (Å²) in [5.74, 6) is -3.20. The molecule has 0 radical (unpaired) electrons. The Morgan fingerprint density at radius 1 is 0.920 bits per heavy atom. The van der Waals surface area contributed by atoms with E-state index in [0.717, 1.165) is 5.56 Å². The van der Waals surface area contributed by atoms with Crippen LogP contribution in [-0.2, 0) is 23.9 Å². The Bertz CT molecular complexity index is 565. The van der Waals surface area contributed by atoms with E-state index in [9.17, 15) is 14.4 Å². The predicted molar refractivity (Wildman–Crippen MR) is 95.0 cm³/mol. The molecule has 0 saturated heterocycles. The lowest BCUT2D eigenvalue weighted by Crippen LogP contribution is -2.40. The molecule has 1 aromatic carbocycles. The number of carbonyl (C=O) groups excluding carboxylic acids is 3. The molecule has 1 unspecified atom stereocenters. The second kappa shape index (κ2) is 8.28. The van der Waals surface area contributed by atoms with Gasteiger partial charge in [0.2, 0.25) is 0 Å². The minimum Gasteiger partial charge on any atom is -0.459 e. The first kappa shape index (κ1) is 20.9. The highest BCUT2D eigenvalue weighted by atomic mass is 16.6. The number of hydrogen-bond acceptors (Lipinski definition) is 5. The fraction of sp³-hybridized carbons (Fsp3) is 0.550. The van der Waals surface area contributed by atoms with E-state index in [1.807, 2.05) is 6.07 Å². The molecule has 5 nitrogen and oxygen atoms in total. The molecule has 0 heterocycles. The molecular formula is C20H28O5. The topological polar surface area (TPSA) is 69.7 Å². The molecular weight excluding hydrogens is 320 g/mol. The fourth-order valence-corrected chi connectivity index (χ4v) is 2.42. The summed E-state index contributed by atoms with van der Waals surface area (Å²) in [7, 11) is 0. The van der Waals surface area contributed by atoms with Crippen LogP contribution >= 0.6 is 0 Å². The molecule has 1 aromatic rings. The molecule has 0 bridgehead atoms. The van der Waals surface area contributed by atoms with Crippen LogP contribution in [0.1, 0.15) is 59.4 Å². The van der Waals surface area contributed by atoms with Gasteiger partial charge in [-0.2, -0.15) is 0 Å². The first-order valence-corrected chi connectivity index (χ1v) is 8.39. The largest absolute Gasteiger partial charge is 0.459 e. The number of carbonyl (C=O) groups is 3. The van der Waals surface area contributed by atoms with E-state index in [1.165, 1.54) is 0 Å². The zero-order chi connectivity index (χ0) is 19.3. The van der Waals surface area contributed by atoms with Crippen LogP contribution in [-0.4, -0.2) is 29.4 Å². The summed E-state index contributed by atoms with van der Waals surface area (Å²) in [6, 6.07) is 9.01. The van der Waals surface area contributed by atoms with Crippen LogP contribution in [0.2, 0.25) is 0 Å². The molecule has 1 rings (SSSR count). The quantitative estimate of drug-likeness (QED) is 0.446. The summed E-state index contributed by atoms with van der Waals surface area (Å²) in [5.41, 5.74) is -0.782. The molecule has 0 N–H and O–H groups in total. The molecule has 0 amide bonds. The molecule has 0 aliphatic carbocycles. The second-order valence-electron chi connectivity index (χ2n) is 7.96. The van der Waals surface area contributed by atoms with Gasteiger partial charge >= 0.3 is 11.9 Å². The highest BCUT2D eigenvalue weighted by Crippen LogP contribution is 2.32. The van der Waals surface area contributed by atoms with Gasteiger partial charge in [0.25, 0.3) is 0 Å². The van der Waals surface area contributed by atoms with Crippen molar-refractivity contribution < 1.29 is 23.9 Å². The third kappa shape index (κ3) is 7.08. The van der Waals surface area contributed by atoms with Gasteiger partial charge in [0.1, 0.15) is 17.5 Å². The summed E-state index contributed by atoms with van der Waals surface area (Å²) in [6.45, 7) is 10.4. The number of esters is 2. The Hall–Kier alpha value is -2.17. The van der Waals surface area contributed by atoms with E-state index in [4.69, 9.17) is 9.47 Å². The molecule has 0 aromatic heterocycles. The molecule has 1 atom stereocenters. The summed E-state index contributed by atoms with van der Waals surface area (Å²) in [5, 5.41) is 0. The molecule has 0 spiro atoms. The van der Waals surface area contributed by atoms with E-state index in [2.05, 4.69) is 0 Å². The molecule has 0 saturated carbocycles. The second-order valence-corrected chi connectivity index (χ2v) is 7.96. The Balaban J connectivity index is 3.28. The van der Waals surface area contributed by atoms with Crippen LogP contribution in [0.5, 0.6) is 0 Å². The van der Waals surface area contributed by atoms with Crippen LogP contribution in [0, 0.1) is 5.92 Å². The predicted octanol–water partition coefficient (Wildman–Crippen LogP) is 3.66. The summed E-state index contributed by atoms with van der Waals surface area (Å²) in [6.07, 6.45) is 0.729. The first-order valence-electron chi connectivity index (χ1n) is 8.39. The van der Waals surface area contributed by atoms with Crippen molar-refractivity contribution in [3.8, 4) is 0 Å². The lowest BCUT2D eigenvalue weighted by atomic mass is 9.83. The number of aldehydes is 1. The average Bonchev–Trinajstić information content (AvgIpc) is 2.43. The Labute approximate surface area is 149 Å². The average molecular weight is 348 g/mol. The SMILES string of the molecule is CC(C)(C)OC(=O)C(C(=O)OC(C)(C)C)C(CC=O)c1ccccc1. The van der Waals surface area contributed by atoms with Gasteiger partial charge in [-0.05, 0) is 47.1 Å². The van der Waals surface area contributed by atoms with E-state index in [0.29, 0.717) is 6.29 Å². The zero-order valence-electron chi connectivity index (χ0n) is 15.9. The summed E-state index contributed by atoms with van der Waals surface area (Å²) < 4.78 is 10.9. The van der Waals surface area contributed by atoms with Gasteiger partial charge in [0.05, 0.1) is 0 Å². The third-order valence-electron chi connectivity index (χ3n) is 3.30. The van der Waals surface area contributed by atoms with Crippen LogP contribution in [0.25, 0.3) is 0 Å². The van der Waals surface area contributed by atoms with Crippen molar-refractivity contribution in [2.75, 3.05) is 0 Å². The third-order valence-corrected chi connectivity index (χ3v) is 3.30. The van der Waals surface area contributed by atoms with Crippen molar-refractivity contribution >= 4 is 18.2 Å². The molecule has 0 aliphatic heterocycles. The van der Waals surface area contributed by atoms with Gasteiger partial charge < -0.3 is 14.3 Å². The molecule has 0 aliphatic rings. The van der Waals surface area contributed by atoms with E-state index < -0.39 is 35.0 Å².